The van der Waals surface area contributed by atoms with Gasteiger partial charge in [-0.05, 0) is 31.0 Å². The Kier molecular flexibility index (Phi) is 4.44. The minimum atomic E-state index is -0.196. The molecule has 2 unspecified atom stereocenters. The first kappa shape index (κ1) is 13.2. The molecule has 0 radical (unpaired) electrons. The third-order valence-electron chi connectivity index (χ3n) is 2.98. The van der Waals surface area contributed by atoms with Crippen LogP contribution in [0.25, 0.3) is 0 Å². The van der Waals surface area contributed by atoms with Crippen LogP contribution in [-0.2, 0) is 0 Å². The molecule has 1 N–H and O–H groups in total. The molecule has 2 atom stereocenters. The van der Waals surface area contributed by atoms with Crippen LogP contribution in [0, 0.1) is 5.82 Å². The number of benzene rings is 1. The highest BCUT2D eigenvalue weighted by Crippen LogP contribution is 2.23. The van der Waals surface area contributed by atoms with E-state index in [1.165, 1.54) is 12.1 Å². The van der Waals surface area contributed by atoms with Crippen molar-refractivity contribution in [1.29, 1.82) is 0 Å². The van der Waals surface area contributed by atoms with E-state index in [2.05, 4.69) is 24.1 Å². The minimum absolute atomic E-state index is 0.180. The summed E-state index contributed by atoms with van der Waals surface area (Å²) >= 11 is 1.66. The lowest BCUT2D eigenvalue weighted by atomic mass is 10.1. The van der Waals surface area contributed by atoms with Crippen molar-refractivity contribution in [2.45, 2.75) is 32.4 Å². The lowest BCUT2D eigenvalue weighted by Crippen LogP contribution is -2.24. The maximum Gasteiger partial charge on any atom is 0.123 e. The lowest BCUT2D eigenvalue weighted by molar-refractivity contribution is 0.454. The predicted octanol–water partition coefficient (Wildman–Crippen LogP) is 4.08. The van der Waals surface area contributed by atoms with Crippen molar-refractivity contribution in [2.24, 2.45) is 0 Å². The maximum atomic E-state index is 12.9. The van der Waals surface area contributed by atoms with Gasteiger partial charge in [-0.15, -0.1) is 11.3 Å². The van der Waals surface area contributed by atoms with Gasteiger partial charge in [-0.2, -0.15) is 0 Å². The zero-order chi connectivity index (χ0) is 13.0. The molecule has 96 valence electrons. The summed E-state index contributed by atoms with van der Waals surface area (Å²) in [7, 11) is 0. The number of aromatic nitrogens is 1. The second-order valence-electron chi connectivity index (χ2n) is 4.27. The molecule has 4 heteroatoms. The summed E-state index contributed by atoms with van der Waals surface area (Å²) in [6.45, 7) is 4.22. The molecule has 0 amide bonds. The van der Waals surface area contributed by atoms with Crippen LogP contribution in [0.2, 0.25) is 0 Å². The van der Waals surface area contributed by atoms with E-state index in [0.29, 0.717) is 0 Å². The molecular formula is C14H17FN2S. The molecule has 2 aromatic rings. The Bertz CT molecular complexity index is 467. The third kappa shape index (κ3) is 3.15. The molecule has 1 aromatic heterocycles. The number of halogens is 1. The first-order valence-corrected chi connectivity index (χ1v) is 6.99. The summed E-state index contributed by atoms with van der Waals surface area (Å²) in [6, 6.07) is 7.07. The highest BCUT2D eigenvalue weighted by molar-refractivity contribution is 7.09. The van der Waals surface area contributed by atoms with Crippen molar-refractivity contribution in [1.82, 2.24) is 10.3 Å². The summed E-state index contributed by atoms with van der Waals surface area (Å²) < 4.78 is 12.9. The smallest absolute Gasteiger partial charge is 0.123 e. The van der Waals surface area contributed by atoms with Gasteiger partial charge < -0.3 is 5.32 Å². The Labute approximate surface area is 111 Å². The van der Waals surface area contributed by atoms with E-state index >= 15 is 0 Å². The van der Waals surface area contributed by atoms with Crippen LogP contribution in [0.1, 0.15) is 42.9 Å². The number of rotatable bonds is 5. The SMILES string of the molecule is CCC(NC(C)c1ccc(F)cc1)c1nccs1. The lowest BCUT2D eigenvalue weighted by Gasteiger charge is -2.21. The van der Waals surface area contributed by atoms with Crippen molar-refractivity contribution >= 4 is 11.3 Å². The van der Waals surface area contributed by atoms with Gasteiger partial charge in [-0.25, -0.2) is 9.37 Å². The highest BCUT2D eigenvalue weighted by atomic mass is 32.1. The Balaban J connectivity index is 2.05. The number of nitrogens with zero attached hydrogens (tertiary/aromatic N) is 1. The van der Waals surface area contributed by atoms with Crippen LogP contribution in [0.15, 0.2) is 35.8 Å². The second-order valence-corrected chi connectivity index (χ2v) is 5.20. The van der Waals surface area contributed by atoms with E-state index in [0.717, 1.165) is 17.0 Å². The molecule has 0 fully saturated rings. The quantitative estimate of drug-likeness (QED) is 0.880. The molecule has 0 saturated heterocycles. The molecule has 0 aliphatic carbocycles. The van der Waals surface area contributed by atoms with E-state index < -0.39 is 0 Å². The summed E-state index contributed by atoms with van der Waals surface area (Å²) in [4.78, 5) is 4.34. The van der Waals surface area contributed by atoms with Crippen molar-refractivity contribution in [3.63, 3.8) is 0 Å². The summed E-state index contributed by atoms with van der Waals surface area (Å²) in [5.74, 6) is -0.196. The second kappa shape index (κ2) is 6.07. The van der Waals surface area contributed by atoms with Crippen LogP contribution in [0.4, 0.5) is 4.39 Å². The van der Waals surface area contributed by atoms with Gasteiger partial charge in [0.15, 0.2) is 0 Å². The fourth-order valence-electron chi connectivity index (χ4n) is 1.92. The van der Waals surface area contributed by atoms with E-state index in [-0.39, 0.29) is 17.9 Å². The third-order valence-corrected chi connectivity index (χ3v) is 3.87. The van der Waals surface area contributed by atoms with E-state index in [1.54, 1.807) is 11.3 Å². The van der Waals surface area contributed by atoms with Crippen LogP contribution >= 0.6 is 11.3 Å². The van der Waals surface area contributed by atoms with Gasteiger partial charge in [-0.1, -0.05) is 19.1 Å². The largest absolute Gasteiger partial charge is 0.301 e. The normalized spacial score (nSPS) is 14.4. The molecule has 2 nitrogen and oxygen atoms in total. The molecule has 0 saturated carbocycles. The van der Waals surface area contributed by atoms with Crippen molar-refractivity contribution in [3.8, 4) is 0 Å². The Morgan fingerprint density at radius 2 is 2.06 bits per heavy atom. The molecule has 1 heterocycles. The Morgan fingerprint density at radius 3 is 2.61 bits per heavy atom. The van der Waals surface area contributed by atoms with E-state index in [4.69, 9.17) is 0 Å². The average molecular weight is 264 g/mol. The van der Waals surface area contributed by atoms with Gasteiger partial charge in [0.1, 0.15) is 10.8 Å². The number of hydrogen-bond donors (Lipinski definition) is 1. The minimum Gasteiger partial charge on any atom is -0.301 e. The van der Waals surface area contributed by atoms with Crippen molar-refractivity contribution in [2.75, 3.05) is 0 Å². The van der Waals surface area contributed by atoms with Crippen LogP contribution in [0.3, 0.4) is 0 Å². The highest BCUT2D eigenvalue weighted by Gasteiger charge is 2.15. The number of thiazole rings is 1. The number of nitrogens with one attached hydrogen (secondary N) is 1. The first-order chi connectivity index (χ1) is 8.70. The van der Waals surface area contributed by atoms with Crippen molar-refractivity contribution in [3.05, 3.63) is 52.2 Å². The maximum absolute atomic E-state index is 12.9. The average Bonchev–Trinajstić information content (AvgIpc) is 2.90. The molecular weight excluding hydrogens is 247 g/mol. The van der Waals surface area contributed by atoms with Gasteiger partial charge >= 0.3 is 0 Å². The van der Waals surface area contributed by atoms with Crippen LogP contribution in [0.5, 0.6) is 0 Å². The summed E-state index contributed by atoms with van der Waals surface area (Å²) in [5.41, 5.74) is 1.09. The molecule has 18 heavy (non-hydrogen) atoms. The standard InChI is InChI=1S/C14H17FN2S/c1-3-13(14-16-8-9-18-14)17-10(2)11-4-6-12(15)7-5-11/h4-10,13,17H,3H2,1-2H3. The van der Waals surface area contributed by atoms with Gasteiger partial charge in [0.2, 0.25) is 0 Å². The van der Waals surface area contributed by atoms with Gasteiger partial charge in [0, 0.05) is 17.6 Å². The molecule has 0 spiro atoms. The molecule has 0 aliphatic rings. The Hall–Kier alpha value is -1.26. The van der Waals surface area contributed by atoms with Gasteiger partial charge in [0.25, 0.3) is 0 Å². The molecule has 1 aromatic carbocycles. The predicted molar refractivity (Wildman–Crippen MR) is 73.1 cm³/mol. The summed E-state index contributed by atoms with van der Waals surface area (Å²) in [5, 5.41) is 6.62. The fraction of sp³-hybridized carbons (Fsp3) is 0.357. The monoisotopic (exact) mass is 264 g/mol. The number of hydrogen-bond acceptors (Lipinski definition) is 3. The molecule has 0 bridgehead atoms. The molecule has 0 aliphatic heterocycles. The summed E-state index contributed by atoms with van der Waals surface area (Å²) in [6.07, 6.45) is 2.81. The van der Waals surface area contributed by atoms with Crippen LogP contribution in [-0.4, -0.2) is 4.98 Å². The Morgan fingerprint density at radius 1 is 1.33 bits per heavy atom. The van der Waals surface area contributed by atoms with Crippen LogP contribution < -0.4 is 5.32 Å². The zero-order valence-electron chi connectivity index (χ0n) is 10.6. The van der Waals surface area contributed by atoms with Crippen molar-refractivity contribution < 1.29 is 4.39 Å². The zero-order valence-corrected chi connectivity index (χ0v) is 11.4. The van der Waals surface area contributed by atoms with Gasteiger partial charge in [-0.3, -0.25) is 0 Å². The van der Waals surface area contributed by atoms with E-state index in [9.17, 15) is 4.39 Å². The van der Waals surface area contributed by atoms with Gasteiger partial charge in [0.05, 0.1) is 6.04 Å². The first-order valence-electron chi connectivity index (χ1n) is 6.11. The van der Waals surface area contributed by atoms with E-state index in [1.807, 2.05) is 23.7 Å². The fourth-order valence-corrected chi connectivity index (χ4v) is 2.70. The molecule has 2 rings (SSSR count). The topological polar surface area (TPSA) is 24.9 Å².